The number of nitrogens with zero attached hydrogens (tertiary/aromatic N) is 1. The third-order valence-electron chi connectivity index (χ3n) is 3.14. The van der Waals surface area contributed by atoms with Gasteiger partial charge in [0.05, 0.1) is 10.5 Å². The van der Waals surface area contributed by atoms with Gasteiger partial charge < -0.3 is 4.74 Å². The molecule has 0 aromatic heterocycles. The maximum Gasteiger partial charge on any atom is 0.338 e. The van der Waals surface area contributed by atoms with E-state index in [1.54, 1.807) is 19.1 Å². The lowest BCUT2D eigenvalue weighted by molar-refractivity contribution is -0.385. The van der Waals surface area contributed by atoms with Gasteiger partial charge in [0.25, 0.3) is 5.69 Å². The van der Waals surface area contributed by atoms with Gasteiger partial charge in [0, 0.05) is 22.2 Å². The molecule has 0 unspecified atom stereocenters. The van der Waals surface area contributed by atoms with Crippen LogP contribution in [0.3, 0.4) is 0 Å². The molecule has 2 aromatic carbocycles. The molecule has 0 heterocycles. The number of ether oxygens (including phenoxy) is 1. The summed E-state index contributed by atoms with van der Waals surface area (Å²) in [4.78, 5) is 34.1. The fourth-order valence-electron chi connectivity index (χ4n) is 1.87. The zero-order chi connectivity index (χ0) is 17.0. The third-order valence-corrected chi connectivity index (χ3v) is 3.39. The van der Waals surface area contributed by atoms with Crippen molar-refractivity contribution < 1.29 is 19.2 Å². The van der Waals surface area contributed by atoms with Crippen molar-refractivity contribution in [3.05, 3.63) is 74.3 Å². The summed E-state index contributed by atoms with van der Waals surface area (Å²) >= 11 is 5.73. The standard InChI is InChI=1S/C16H12ClNO5/c1-10-2-3-12(8-14(10)18(21)22)16(20)23-9-15(19)11-4-6-13(17)7-5-11/h2-8H,9H2,1H3. The van der Waals surface area contributed by atoms with E-state index < -0.39 is 23.3 Å². The Kier molecular flexibility index (Phi) is 5.08. The van der Waals surface area contributed by atoms with Gasteiger partial charge in [-0.3, -0.25) is 14.9 Å². The Morgan fingerprint density at radius 2 is 1.74 bits per heavy atom. The molecular weight excluding hydrogens is 322 g/mol. The number of hydrogen-bond donors (Lipinski definition) is 0. The van der Waals surface area contributed by atoms with Crippen LogP contribution >= 0.6 is 11.6 Å². The highest BCUT2D eigenvalue weighted by molar-refractivity contribution is 6.30. The zero-order valence-electron chi connectivity index (χ0n) is 12.1. The van der Waals surface area contributed by atoms with Gasteiger partial charge in [-0.1, -0.05) is 17.7 Å². The SMILES string of the molecule is Cc1ccc(C(=O)OCC(=O)c2ccc(Cl)cc2)cc1[N+](=O)[O-]. The van der Waals surface area contributed by atoms with Crippen LogP contribution in [0.4, 0.5) is 5.69 Å². The first-order chi connectivity index (χ1) is 10.9. The zero-order valence-corrected chi connectivity index (χ0v) is 12.9. The first kappa shape index (κ1) is 16.6. The van der Waals surface area contributed by atoms with Crippen molar-refractivity contribution in [3.63, 3.8) is 0 Å². The molecule has 7 heteroatoms. The molecule has 0 fully saturated rings. The second-order valence-corrected chi connectivity index (χ2v) is 5.20. The molecule has 0 saturated carbocycles. The summed E-state index contributed by atoms with van der Waals surface area (Å²) in [5.41, 5.74) is 0.635. The molecular formula is C16H12ClNO5. The van der Waals surface area contributed by atoms with Crippen LogP contribution in [0.5, 0.6) is 0 Å². The first-order valence-electron chi connectivity index (χ1n) is 6.59. The summed E-state index contributed by atoms with van der Waals surface area (Å²) in [6.45, 7) is 1.11. The predicted molar refractivity (Wildman–Crippen MR) is 83.9 cm³/mol. The number of nitro benzene ring substituents is 1. The normalized spacial score (nSPS) is 10.2. The van der Waals surface area contributed by atoms with Crippen molar-refractivity contribution in [1.82, 2.24) is 0 Å². The molecule has 0 aliphatic carbocycles. The molecule has 0 aliphatic heterocycles. The van der Waals surface area contributed by atoms with Crippen molar-refractivity contribution in [1.29, 1.82) is 0 Å². The highest BCUT2D eigenvalue weighted by atomic mass is 35.5. The van der Waals surface area contributed by atoms with Crippen molar-refractivity contribution in [2.75, 3.05) is 6.61 Å². The molecule has 118 valence electrons. The van der Waals surface area contributed by atoms with Crippen LogP contribution in [0.15, 0.2) is 42.5 Å². The van der Waals surface area contributed by atoms with E-state index in [2.05, 4.69) is 0 Å². The number of rotatable bonds is 5. The summed E-state index contributed by atoms with van der Waals surface area (Å²) < 4.78 is 4.91. The Bertz CT molecular complexity index is 771. The maximum absolute atomic E-state index is 11.9. The number of carbonyl (C=O) groups is 2. The molecule has 0 atom stereocenters. The second-order valence-electron chi connectivity index (χ2n) is 4.76. The third kappa shape index (κ3) is 4.14. The van der Waals surface area contributed by atoms with Gasteiger partial charge in [0.1, 0.15) is 0 Å². The number of nitro groups is 1. The number of halogens is 1. The van der Waals surface area contributed by atoms with Crippen LogP contribution < -0.4 is 0 Å². The minimum absolute atomic E-state index is 0.0196. The molecule has 2 aromatic rings. The largest absolute Gasteiger partial charge is 0.454 e. The van der Waals surface area contributed by atoms with Crippen molar-refractivity contribution in [3.8, 4) is 0 Å². The van der Waals surface area contributed by atoms with E-state index in [9.17, 15) is 19.7 Å². The molecule has 0 N–H and O–H groups in total. The van der Waals surface area contributed by atoms with Crippen LogP contribution in [0, 0.1) is 17.0 Å². The van der Waals surface area contributed by atoms with E-state index >= 15 is 0 Å². The molecule has 23 heavy (non-hydrogen) atoms. The summed E-state index contributed by atoms with van der Waals surface area (Å²) in [7, 11) is 0. The Hall–Kier alpha value is -2.73. The number of ketones is 1. The first-order valence-corrected chi connectivity index (χ1v) is 6.97. The highest BCUT2D eigenvalue weighted by Crippen LogP contribution is 2.20. The fraction of sp³-hybridized carbons (Fsp3) is 0.125. The molecule has 0 saturated heterocycles. The minimum atomic E-state index is -0.796. The van der Waals surface area contributed by atoms with Crippen LogP contribution in [0.1, 0.15) is 26.3 Å². The van der Waals surface area contributed by atoms with Gasteiger partial charge in [0.15, 0.2) is 12.4 Å². The smallest absolute Gasteiger partial charge is 0.338 e. The van der Waals surface area contributed by atoms with Gasteiger partial charge >= 0.3 is 5.97 Å². The Morgan fingerprint density at radius 3 is 2.35 bits per heavy atom. The van der Waals surface area contributed by atoms with Crippen LogP contribution in [0.25, 0.3) is 0 Å². The Labute approximate surface area is 136 Å². The van der Waals surface area contributed by atoms with E-state index in [0.717, 1.165) is 6.07 Å². The molecule has 0 radical (unpaired) electrons. The van der Waals surface area contributed by atoms with E-state index in [1.807, 2.05) is 0 Å². The monoisotopic (exact) mass is 333 g/mol. The summed E-state index contributed by atoms with van der Waals surface area (Å²) in [5.74, 6) is -1.19. The van der Waals surface area contributed by atoms with E-state index in [-0.39, 0.29) is 11.3 Å². The van der Waals surface area contributed by atoms with E-state index in [0.29, 0.717) is 16.1 Å². The topological polar surface area (TPSA) is 86.5 Å². The lowest BCUT2D eigenvalue weighted by Crippen LogP contribution is -2.14. The maximum atomic E-state index is 11.9. The van der Waals surface area contributed by atoms with Crippen molar-refractivity contribution in [2.45, 2.75) is 6.92 Å². The number of hydrogen-bond acceptors (Lipinski definition) is 5. The van der Waals surface area contributed by atoms with E-state index in [4.69, 9.17) is 16.3 Å². The van der Waals surface area contributed by atoms with E-state index in [1.165, 1.54) is 24.3 Å². The minimum Gasteiger partial charge on any atom is -0.454 e. The molecule has 2 rings (SSSR count). The molecule has 0 spiro atoms. The molecule has 0 aliphatic rings. The Morgan fingerprint density at radius 1 is 1.13 bits per heavy atom. The fourth-order valence-corrected chi connectivity index (χ4v) is 1.99. The Balaban J connectivity index is 2.05. The van der Waals surface area contributed by atoms with Gasteiger partial charge in [-0.25, -0.2) is 4.79 Å². The van der Waals surface area contributed by atoms with Gasteiger partial charge in [-0.05, 0) is 37.3 Å². The van der Waals surface area contributed by atoms with Gasteiger partial charge in [-0.15, -0.1) is 0 Å². The summed E-state index contributed by atoms with van der Waals surface area (Å²) in [5, 5.41) is 11.4. The number of esters is 1. The number of benzene rings is 2. The number of Topliss-reactive ketones (excluding diaryl/α,β-unsaturated/α-hetero) is 1. The van der Waals surface area contributed by atoms with Crippen LogP contribution in [0.2, 0.25) is 5.02 Å². The highest BCUT2D eigenvalue weighted by Gasteiger charge is 2.17. The molecule has 0 amide bonds. The van der Waals surface area contributed by atoms with Crippen molar-refractivity contribution >= 4 is 29.0 Å². The molecule has 0 bridgehead atoms. The predicted octanol–water partition coefficient (Wildman–Crippen LogP) is 3.60. The summed E-state index contributed by atoms with van der Waals surface area (Å²) in [6.07, 6.45) is 0. The average Bonchev–Trinajstić information content (AvgIpc) is 2.53. The lowest BCUT2D eigenvalue weighted by Gasteiger charge is -2.05. The lowest BCUT2D eigenvalue weighted by atomic mass is 10.1. The van der Waals surface area contributed by atoms with Gasteiger partial charge in [-0.2, -0.15) is 0 Å². The van der Waals surface area contributed by atoms with Crippen LogP contribution in [-0.2, 0) is 4.74 Å². The second kappa shape index (κ2) is 7.02. The van der Waals surface area contributed by atoms with Gasteiger partial charge in [0.2, 0.25) is 0 Å². The summed E-state index contributed by atoms with van der Waals surface area (Å²) in [6, 6.07) is 10.2. The van der Waals surface area contributed by atoms with Crippen LogP contribution in [-0.4, -0.2) is 23.3 Å². The number of carbonyl (C=O) groups excluding carboxylic acids is 2. The quantitative estimate of drug-likeness (QED) is 0.361. The van der Waals surface area contributed by atoms with Crippen molar-refractivity contribution in [2.24, 2.45) is 0 Å². The molecule has 6 nitrogen and oxygen atoms in total. The number of aryl methyl sites for hydroxylation is 1. The average molecular weight is 334 g/mol.